The number of aliphatic hydroxyl groups is 1. The lowest BCUT2D eigenvalue weighted by Gasteiger charge is -2.66. The zero-order chi connectivity index (χ0) is 29.5. The van der Waals surface area contributed by atoms with Crippen LogP contribution in [0.3, 0.4) is 0 Å². The Morgan fingerprint density at radius 3 is 2.49 bits per heavy atom. The molecule has 0 spiro atoms. The summed E-state index contributed by atoms with van der Waals surface area (Å²) >= 11 is 0. The van der Waals surface area contributed by atoms with E-state index in [4.69, 9.17) is 23.7 Å². The third-order valence-corrected chi connectivity index (χ3v) is 12.2. The molecule has 1 unspecified atom stereocenters. The van der Waals surface area contributed by atoms with E-state index in [0.29, 0.717) is 30.8 Å². The second-order valence-corrected chi connectivity index (χ2v) is 15.2. The van der Waals surface area contributed by atoms with Gasteiger partial charge in [0.05, 0.1) is 23.9 Å². The number of hydrogen-bond donors (Lipinski definition) is 2. The van der Waals surface area contributed by atoms with Gasteiger partial charge in [-0.15, -0.1) is 0 Å². The van der Waals surface area contributed by atoms with Gasteiger partial charge in [-0.05, 0) is 128 Å². The van der Waals surface area contributed by atoms with Crippen LogP contribution in [-0.4, -0.2) is 66.9 Å². The molecule has 4 saturated carbocycles. The molecule has 0 aromatic rings. The van der Waals surface area contributed by atoms with Crippen molar-refractivity contribution in [2.24, 2.45) is 28.6 Å². The van der Waals surface area contributed by atoms with Crippen LogP contribution in [0.1, 0.15) is 119 Å². The van der Waals surface area contributed by atoms with E-state index in [1.165, 1.54) is 6.42 Å². The molecule has 8 heteroatoms. The summed E-state index contributed by atoms with van der Waals surface area (Å²) in [6.07, 6.45) is 12.2. The van der Waals surface area contributed by atoms with E-state index in [2.05, 4.69) is 19.2 Å². The van der Waals surface area contributed by atoms with Crippen LogP contribution in [0.4, 0.5) is 4.79 Å². The monoisotopic (exact) mass is 579 g/mol. The van der Waals surface area contributed by atoms with E-state index in [0.717, 1.165) is 70.8 Å². The Labute approximate surface area is 247 Å². The van der Waals surface area contributed by atoms with Crippen LogP contribution < -0.4 is 5.32 Å². The Hall–Kier alpha value is -0.930. The average molecular weight is 580 g/mol. The van der Waals surface area contributed by atoms with Crippen LogP contribution in [0.15, 0.2) is 0 Å². The number of rotatable bonds is 8. The normalized spacial score (nSPS) is 44.4. The average Bonchev–Trinajstić information content (AvgIpc) is 3.17. The van der Waals surface area contributed by atoms with Gasteiger partial charge in [0.2, 0.25) is 0 Å². The highest BCUT2D eigenvalue weighted by Crippen LogP contribution is 2.71. The number of alkyl carbamates (subject to hydrolysis) is 1. The van der Waals surface area contributed by atoms with Crippen LogP contribution in [0.2, 0.25) is 0 Å². The van der Waals surface area contributed by atoms with Gasteiger partial charge in [0.1, 0.15) is 12.4 Å². The highest BCUT2D eigenvalue weighted by molar-refractivity contribution is 5.69. The smallest absolute Gasteiger partial charge is 0.408 e. The first-order valence-electron chi connectivity index (χ1n) is 16.5. The number of ether oxygens (including phenoxy) is 5. The highest BCUT2D eigenvalue weighted by Gasteiger charge is 2.73. The summed E-state index contributed by atoms with van der Waals surface area (Å²) in [5.74, 6) is 1.50. The Bertz CT molecular complexity index is 918. The fraction of sp³-hybridized carbons (Fsp3) is 0.970. The number of nitrogens with one attached hydrogen (secondary N) is 1. The molecule has 8 nitrogen and oxygen atoms in total. The summed E-state index contributed by atoms with van der Waals surface area (Å²) in [5.41, 5.74) is -2.14. The predicted octanol–water partition coefficient (Wildman–Crippen LogP) is 6.33. The molecule has 1 saturated heterocycles. The van der Waals surface area contributed by atoms with Crippen LogP contribution in [0.25, 0.3) is 0 Å². The quantitative estimate of drug-likeness (QED) is 0.197. The number of amides is 1. The fourth-order valence-corrected chi connectivity index (χ4v) is 10.0. The number of aliphatic hydroxyl groups excluding tert-OH is 1. The van der Waals surface area contributed by atoms with E-state index in [1.807, 2.05) is 27.7 Å². The molecule has 1 heterocycles. The van der Waals surface area contributed by atoms with Crippen molar-refractivity contribution in [1.82, 2.24) is 5.32 Å². The van der Waals surface area contributed by atoms with Crippen LogP contribution in [-0.2, 0) is 23.7 Å². The summed E-state index contributed by atoms with van der Waals surface area (Å²) in [7, 11) is 0. The molecule has 0 aromatic heterocycles. The standard InChI is InChI=1S/C33H57NO7/c1-7-37-22-39-33-18-17-32(21-35,34-28(36)41-29(2,3)4)31(33,6)16-14-25-26(33)12-11-23-20-24(13-15-30(23,25)5)40-27-10-8-9-19-38-27/h23-27,35H,7-22H2,1-6H3,(H,34,36)/t23-,24+,25+,26-,27?,30+,31-,32+,33+/m1/s1. The maximum atomic E-state index is 13.1. The van der Waals surface area contributed by atoms with Gasteiger partial charge in [0, 0.05) is 18.6 Å². The predicted molar refractivity (Wildman–Crippen MR) is 156 cm³/mol. The van der Waals surface area contributed by atoms with E-state index < -0.39 is 28.2 Å². The van der Waals surface area contributed by atoms with Crippen molar-refractivity contribution in [3.8, 4) is 0 Å². The molecule has 9 atom stereocenters. The van der Waals surface area contributed by atoms with Gasteiger partial charge in [0.15, 0.2) is 6.29 Å². The van der Waals surface area contributed by atoms with Crippen molar-refractivity contribution in [2.45, 2.75) is 148 Å². The molecule has 236 valence electrons. The SMILES string of the molecule is CCOCO[C@]12CC[C@@](CO)(NC(=O)OC(C)(C)C)[C@@]1(C)CC[C@H]1[C@H]2CC[C@@H]2C[C@@H](OC3CCCCO3)CC[C@@]21C. The lowest BCUT2D eigenvalue weighted by molar-refractivity contribution is -0.270. The minimum absolute atomic E-state index is 0.0253. The molecule has 41 heavy (non-hydrogen) atoms. The van der Waals surface area contributed by atoms with Gasteiger partial charge in [-0.3, -0.25) is 0 Å². The van der Waals surface area contributed by atoms with Crippen molar-refractivity contribution in [2.75, 3.05) is 26.6 Å². The van der Waals surface area contributed by atoms with Crippen molar-refractivity contribution in [3.63, 3.8) is 0 Å². The first-order valence-corrected chi connectivity index (χ1v) is 16.5. The molecule has 5 fully saturated rings. The Balaban J connectivity index is 1.39. The van der Waals surface area contributed by atoms with E-state index in [9.17, 15) is 9.90 Å². The minimum atomic E-state index is -0.810. The van der Waals surface area contributed by atoms with Crippen molar-refractivity contribution < 1.29 is 33.6 Å². The number of fused-ring (bicyclic) bond motifs is 5. The largest absolute Gasteiger partial charge is 0.444 e. The van der Waals surface area contributed by atoms with Crippen molar-refractivity contribution in [1.29, 1.82) is 0 Å². The molecule has 5 aliphatic rings. The van der Waals surface area contributed by atoms with E-state index >= 15 is 0 Å². The minimum Gasteiger partial charge on any atom is -0.444 e. The van der Waals surface area contributed by atoms with Crippen LogP contribution in [0, 0.1) is 28.6 Å². The van der Waals surface area contributed by atoms with Gasteiger partial charge < -0.3 is 34.1 Å². The van der Waals surface area contributed by atoms with Gasteiger partial charge in [-0.25, -0.2) is 4.79 Å². The number of carbonyl (C=O) groups excluding carboxylic acids is 1. The maximum Gasteiger partial charge on any atom is 0.408 e. The molecule has 0 aromatic carbocycles. The molecular formula is C33H57NO7. The topological polar surface area (TPSA) is 95.5 Å². The van der Waals surface area contributed by atoms with E-state index in [-0.39, 0.29) is 31.2 Å². The molecule has 0 bridgehead atoms. The lowest BCUT2D eigenvalue weighted by Crippen LogP contribution is -2.70. The molecule has 1 aliphatic heterocycles. The zero-order valence-electron chi connectivity index (χ0n) is 26.6. The number of hydrogen-bond acceptors (Lipinski definition) is 7. The summed E-state index contributed by atoms with van der Waals surface area (Å²) in [6, 6.07) is 0. The lowest BCUT2D eigenvalue weighted by atomic mass is 9.42. The first kappa shape index (κ1) is 31.5. The third kappa shape index (κ3) is 5.58. The van der Waals surface area contributed by atoms with Gasteiger partial charge in [-0.1, -0.05) is 13.8 Å². The van der Waals surface area contributed by atoms with Crippen molar-refractivity contribution in [3.05, 3.63) is 0 Å². The van der Waals surface area contributed by atoms with Crippen LogP contribution >= 0.6 is 0 Å². The second-order valence-electron chi connectivity index (χ2n) is 15.2. The van der Waals surface area contributed by atoms with Gasteiger partial charge in [-0.2, -0.15) is 0 Å². The Kier molecular flexibility index (Phi) is 9.12. The van der Waals surface area contributed by atoms with E-state index in [1.54, 1.807) is 0 Å². The number of carbonyl (C=O) groups is 1. The summed E-state index contributed by atoms with van der Waals surface area (Å²) < 4.78 is 30.8. The summed E-state index contributed by atoms with van der Waals surface area (Å²) in [6.45, 7) is 13.9. The maximum absolute atomic E-state index is 13.1. The molecule has 0 radical (unpaired) electrons. The van der Waals surface area contributed by atoms with Crippen LogP contribution in [0.5, 0.6) is 0 Å². The molecule has 1 amide bonds. The molecule has 2 N–H and O–H groups in total. The summed E-state index contributed by atoms with van der Waals surface area (Å²) in [5, 5.41) is 14.2. The zero-order valence-corrected chi connectivity index (χ0v) is 26.6. The molecule has 5 rings (SSSR count). The Morgan fingerprint density at radius 1 is 1.00 bits per heavy atom. The Morgan fingerprint density at radius 2 is 1.80 bits per heavy atom. The second kappa shape index (κ2) is 11.9. The first-order chi connectivity index (χ1) is 19.4. The van der Waals surface area contributed by atoms with Gasteiger partial charge in [0.25, 0.3) is 0 Å². The third-order valence-electron chi connectivity index (χ3n) is 12.2. The van der Waals surface area contributed by atoms with Gasteiger partial charge >= 0.3 is 6.09 Å². The highest BCUT2D eigenvalue weighted by atomic mass is 16.7. The molecular weight excluding hydrogens is 522 g/mol. The fourth-order valence-electron chi connectivity index (χ4n) is 10.0. The van der Waals surface area contributed by atoms with Crippen molar-refractivity contribution >= 4 is 6.09 Å². The summed E-state index contributed by atoms with van der Waals surface area (Å²) in [4.78, 5) is 13.1. The molecule has 4 aliphatic carbocycles.